The van der Waals surface area contributed by atoms with E-state index in [-0.39, 0.29) is 5.56 Å². The molecule has 0 aliphatic carbocycles. The SMILES string of the molecule is CCCC1CCN(c2ccc(C#N)c(C(F)(F)F)c2)C1. The maximum atomic E-state index is 12.9. The minimum atomic E-state index is -4.48. The molecule has 1 unspecified atom stereocenters. The van der Waals surface area contributed by atoms with Crippen molar-refractivity contribution < 1.29 is 13.2 Å². The normalized spacial score (nSPS) is 19.1. The lowest BCUT2D eigenvalue weighted by atomic mass is 10.0. The van der Waals surface area contributed by atoms with Gasteiger partial charge in [-0.25, -0.2) is 0 Å². The molecular formula is C15H17F3N2. The second-order valence-electron chi connectivity index (χ2n) is 5.23. The Morgan fingerprint density at radius 1 is 1.40 bits per heavy atom. The van der Waals surface area contributed by atoms with E-state index in [1.165, 1.54) is 6.07 Å². The molecule has 0 saturated carbocycles. The van der Waals surface area contributed by atoms with Crippen molar-refractivity contribution in [3.05, 3.63) is 29.3 Å². The van der Waals surface area contributed by atoms with Crippen molar-refractivity contribution in [2.24, 2.45) is 5.92 Å². The van der Waals surface area contributed by atoms with Crippen molar-refractivity contribution in [2.75, 3.05) is 18.0 Å². The van der Waals surface area contributed by atoms with Crippen molar-refractivity contribution in [3.63, 3.8) is 0 Å². The molecule has 0 bridgehead atoms. The molecule has 2 rings (SSSR count). The summed E-state index contributed by atoms with van der Waals surface area (Å²) in [5.74, 6) is 0.560. The highest BCUT2D eigenvalue weighted by atomic mass is 19.4. The molecule has 1 heterocycles. The van der Waals surface area contributed by atoms with Gasteiger partial charge in [-0.1, -0.05) is 13.3 Å². The Labute approximate surface area is 116 Å². The van der Waals surface area contributed by atoms with Gasteiger partial charge in [0.05, 0.1) is 17.2 Å². The molecule has 0 aromatic heterocycles. The van der Waals surface area contributed by atoms with E-state index < -0.39 is 11.7 Å². The summed E-state index contributed by atoms with van der Waals surface area (Å²) in [6.07, 6.45) is -1.25. The van der Waals surface area contributed by atoms with Crippen molar-refractivity contribution in [1.82, 2.24) is 0 Å². The van der Waals surface area contributed by atoms with Crippen LogP contribution >= 0.6 is 0 Å². The first-order valence-corrected chi connectivity index (χ1v) is 6.82. The second-order valence-corrected chi connectivity index (χ2v) is 5.23. The molecule has 1 aromatic carbocycles. The molecular weight excluding hydrogens is 265 g/mol. The molecule has 0 N–H and O–H groups in total. The van der Waals surface area contributed by atoms with E-state index >= 15 is 0 Å². The van der Waals surface area contributed by atoms with E-state index in [4.69, 9.17) is 5.26 Å². The standard InChI is InChI=1S/C15H17F3N2/c1-2-3-11-6-7-20(10-11)13-5-4-12(9-19)14(8-13)15(16,17)18/h4-5,8,11H,2-3,6-7,10H2,1H3. The Balaban J connectivity index is 2.25. The van der Waals surface area contributed by atoms with Crippen molar-refractivity contribution in [1.29, 1.82) is 5.26 Å². The first kappa shape index (κ1) is 14.7. The highest BCUT2D eigenvalue weighted by Gasteiger charge is 2.34. The molecule has 1 fully saturated rings. The van der Waals surface area contributed by atoms with Crippen molar-refractivity contribution >= 4 is 5.69 Å². The third-order valence-corrected chi connectivity index (χ3v) is 3.78. The first-order chi connectivity index (χ1) is 9.45. The van der Waals surface area contributed by atoms with Crippen LogP contribution in [-0.2, 0) is 6.18 Å². The van der Waals surface area contributed by atoms with Crippen LogP contribution < -0.4 is 4.90 Å². The van der Waals surface area contributed by atoms with Crippen LogP contribution in [0.25, 0.3) is 0 Å². The summed E-state index contributed by atoms with van der Waals surface area (Å²) < 4.78 is 38.8. The Kier molecular flexibility index (Phi) is 4.22. The summed E-state index contributed by atoms with van der Waals surface area (Å²) in [5, 5.41) is 8.79. The van der Waals surface area contributed by atoms with Crippen LogP contribution in [0.5, 0.6) is 0 Å². The third kappa shape index (κ3) is 3.06. The average Bonchev–Trinajstić information content (AvgIpc) is 2.86. The van der Waals surface area contributed by atoms with Crippen molar-refractivity contribution in [2.45, 2.75) is 32.4 Å². The number of rotatable bonds is 3. The van der Waals surface area contributed by atoms with Gasteiger partial charge in [0.1, 0.15) is 0 Å². The smallest absolute Gasteiger partial charge is 0.371 e. The van der Waals surface area contributed by atoms with E-state index in [0.29, 0.717) is 11.6 Å². The Hall–Kier alpha value is -1.70. The van der Waals surface area contributed by atoms with Crippen LogP contribution in [0.2, 0.25) is 0 Å². The third-order valence-electron chi connectivity index (χ3n) is 3.78. The fraction of sp³-hybridized carbons (Fsp3) is 0.533. The zero-order valence-corrected chi connectivity index (χ0v) is 11.4. The number of hydrogen-bond donors (Lipinski definition) is 0. The highest BCUT2D eigenvalue weighted by Crippen LogP contribution is 2.35. The van der Waals surface area contributed by atoms with Gasteiger partial charge in [0.15, 0.2) is 0 Å². The molecule has 1 atom stereocenters. The summed E-state index contributed by atoms with van der Waals surface area (Å²) in [6, 6.07) is 5.60. The number of nitriles is 1. The number of halogens is 3. The lowest BCUT2D eigenvalue weighted by molar-refractivity contribution is -0.137. The Morgan fingerprint density at radius 2 is 2.15 bits per heavy atom. The fourth-order valence-electron chi connectivity index (χ4n) is 2.77. The number of nitrogens with zero attached hydrogens (tertiary/aromatic N) is 2. The van der Waals surface area contributed by atoms with Gasteiger partial charge >= 0.3 is 6.18 Å². The lowest BCUT2D eigenvalue weighted by Gasteiger charge is -2.20. The number of anilines is 1. The molecule has 5 heteroatoms. The van der Waals surface area contributed by atoms with Gasteiger partial charge in [-0.2, -0.15) is 18.4 Å². The quantitative estimate of drug-likeness (QED) is 0.830. The Bertz CT molecular complexity index is 517. The molecule has 0 amide bonds. The van der Waals surface area contributed by atoms with Gasteiger partial charge in [-0.3, -0.25) is 0 Å². The minimum Gasteiger partial charge on any atom is -0.371 e. The van der Waals surface area contributed by atoms with Gasteiger partial charge in [0.25, 0.3) is 0 Å². The summed E-state index contributed by atoms with van der Waals surface area (Å²) >= 11 is 0. The predicted molar refractivity (Wildman–Crippen MR) is 71.4 cm³/mol. The Morgan fingerprint density at radius 3 is 2.75 bits per heavy atom. The van der Waals surface area contributed by atoms with Gasteiger partial charge in [0.2, 0.25) is 0 Å². The fourth-order valence-corrected chi connectivity index (χ4v) is 2.77. The summed E-state index contributed by atoms with van der Waals surface area (Å²) in [6.45, 7) is 3.71. The topological polar surface area (TPSA) is 27.0 Å². The van der Waals surface area contributed by atoms with Gasteiger partial charge < -0.3 is 4.90 Å². The van der Waals surface area contributed by atoms with Crippen LogP contribution in [0, 0.1) is 17.2 Å². The van der Waals surface area contributed by atoms with E-state index in [1.54, 1.807) is 12.1 Å². The zero-order chi connectivity index (χ0) is 14.8. The lowest BCUT2D eigenvalue weighted by Crippen LogP contribution is -2.20. The number of hydrogen-bond acceptors (Lipinski definition) is 2. The summed E-state index contributed by atoms with van der Waals surface area (Å²) in [7, 11) is 0. The van der Waals surface area contributed by atoms with Gasteiger partial charge in [-0.15, -0.1) is 0 Å². The maximum Gasteiger partial charge on any atom is 0.417 e. The van der Waals surface area contributed by atoms with Crippen LogP contribution in [0.15, 0.2) is 18.2 Å². The maximum absolute atomic E-state index is 12.9. The average molecular weight is 282 g/mol. The van der Waals surface area contributed by atoms with Gasteiger partial charge in [0, 0.05) is 18.8 Å². The van der Waals surface area contributed by atoms with E-state index in [9.17, 15) is 13.2 Å². The monoisotopic (exact) mass is 282 g/mol. The van der Waals surface area contributed by atoms with Crippen LogP contribution in [-0.4, -0.2) is 13.1 Å². The van der Waals surface area contributed by atoms with Crippen LogP contribution in [0.3, 0.4) is 0 Å². The molecule has 108 valence electrons. The molecule has 20 heavy (non-hydrogen) atoms. The molecule has 0 radical (unpaired) electrons. The molecule has 1 aliphatic heterocycles. The largest absolute Gasteiger partial charge is 0.417 e. The van der Waals surface area contributed by atoms with E-state index in [0.717, 1.165) is 38.4 Å². The molecule has 2 nitrogen and oxygen atoms in total. The molecule has 1 saturated heterocycles. The second kappa shape index (κ2) is 5.74. The molecule has 1 aliphatic rings. The van der Waals surface area contributed by atoms with Gasteiger partial charge in [-0.05, 0) is 37.0 Å². The van der Waals surface area contributed by atoms with Crippen molar-refractivity contribution in [3.8, 4) is 6.07 Å². The molecule has 0 spiro atoms. The number of alkyl halides is 3. The van der Waals surface area contributed by atoms with E-state index in [1.807, 2.05) is 4.90 Å². The molecule has 1 aromatic rings. The first-order valence-electron chi connectivity index (χ1n) is 6.82. The van der Waals surface area contributed by atoms with Crippen LogP contribution in [0.4, 0.5) is 18.9 Å². The summed E-state index contributed by atoms with van der Waals surface area (Å²) in [4.78, 5) is 1.98. The highest BCUT2D eigenvalue weighted by molar-refractivity contribution is 5.55. The van der Waals surface area contributed by atoms with E-state index in [2.05, 4.69) is 6.92 Å². The predicted octanol–water partition coefficient (Wildman–Crippen LogP) is 4.20. The zero-order valence-electron chi connectivity index (χ0n) is 11.4. The van der Waals surface area contributed by atoms with Crippen LogP contribution in [0.1, 0.15) is 37.3 Å². The minimum absolute atomic E-state index is 0.314. The number of benzene rings is 1. The summed E-state index contributed by atoms with van der Waals surface area (Å²) in [5.41, 5.74) is -0.586.